The lowest BCUT2D eigenvalue weighted by Crippen LogP contribution is -2.42. The van der Waals surface area contributed by atoms with E-state index in [4.69, 9.17) is 0 Å². The third-order valence-electron chi connectivity index (χ3n) is 2.46. The van der Waals surface area contributed by atoms with Crippen molar-refractivity contribution < 1.29 is 4.79 Å². The molecule has 1 aromatic rings. The lowest BCUT2D eigenvalue weighted by Gasteiger charge is -2.25. The summed E-state index contributed by atoms with van der Waals surface area (Å²) in [6, 6.07) is 9.60. The molecule has 2 heteroatoms. The van der Waals surface area contributed by atoms with Gasteiger partial charge in [-0.3, -0.25) is 4.79 Å². The molecule has 1 saturated heterocycles. The highest BCUT2D eigenvalue weighted by atomic mass is 16.1. The van der Waals surface area contributed by atoms with Crippen LogP contribution in [0.5, 0.6) is 0 Å². The van der Waals surface area contributed by atoms with Crippen LogP contribution >= 0.6 is 0 Å². The summed E-state index contributed by atoms with van der Waals surface area (Å²) in [4.78, 5) is 11.4. The first-order valence-electron chi connectivity index (χ1n) is 5.15. The normalized spacial score (nSPS) is 14.9. The van der Waals surface area contributed by atoms with Gasteiger partial charge in [-0.2, -0.15) is 0 Å². The molecule has 0 aliphatic carbocycles. The molecule has 1 heterocycles. The standard InChI is InChI=1S/C13H13NO/c15-13(8-12-9-14-10-12)7-6-11-4-2-1-3-5-11/h1-5,12,14H,8-10H2. The highest BCUT2D eigenvalue weighted by Gasteiger charge is 2.18. The fourth-order valence-electron chi connectivity index (χ4n) is 1.47. The summed E-state index contributed by atoms with van der Waals surface area (Å²) < 4.78 is 0. The molecule has 1 N–H and O–H groups in total. The molecule has 0 aromatic heterocycles. The molecule has 2 nitrogen and oxygen atoms in total. The summed E-state index contributed by atoms with van der Waals surface area (Å²) in [7, 11) is 0. The Labute approximate surface area is 89.7 Å². The summed E-state index contributed by atoms with van der Waals surface area (Å²) in [5, 5.41) is 3.14. The minimum atomic E-state index is 0.0466. The van der Waals surface area contributed by atoms with Gasteiger partial charge in [-0.15, -0.1) is 0 Å². The van der Waals surface area contributed by atoms with Crippen molar-refractivity contribution in [1.82, 2.24) is 5.32 Å². The van der Waals surface area contributed by atoms with Crippen molar-refractivity contribution in [3.63, 3.8) is 0 Å². The fraction of sp³-hybridized carbons (Fsp3) is 0.308. The maximum absolute atomic E-state index is 11.4. The number of Topliss-reactive ketones (excluding diaryl/α,β-unsaturated/α-hetero) is 1. The van der Waals surface area contributed by atoms with Crippen LogP contribution in [-0.4, -0.2) is 18.9 Å². The molecule has 2 rings (SSSR count). The van der Waals surface area contributed by atoms with E-state index in [0.29, 0.717) is 12.3 Å². The Kier molecular flexibility index (Phi) is 3.16. The smallest absolute Gasteiger partial charge is 0.206 e. The number of rotatable bonds is 2. The predicted molar refractivity (Wildman–Crippen MR) is 59.3 cm³/mol. The third-order valence-corrected chi connectivity index (χ3v) is 2.46. The van der Waals surface area contributed by atoms with Gasteiger partial charge < -0.3 is 5.32 Å². The molecule has 76 valence electrons. The number of nitrogens with one attached hydrogen (secondary N) is 1. The molecule has 1 fully saturated rings. The van der Waals surface area contributed by atoms with E-state index in [1.807, 2.05) is 30.3 Å². The Hall–Kier alpha value is -1.59. The summed E-state index contributed by atoms with van der Waals surface area (Å²) in [6.45, 7) is 1.91. The summed E-state index contributed by atoms with van der Waals surface area (Å²) in [5.74, 6) is 6.11. The molecule has 1 aliphatic heterocycles. The molecule has 0 atom stereocenters. The molecule has 0 unspecified atom stereocenters. The van der Waals surface area contributed by atoms with E-state index in [9.17, 15) is 4.79 Å². The number of carbonyl (C=O) groups excluding carboxylic acids is 1. The van der Waals surface area contributed by atoms with Gasteiger partial charge in [0.2, 0.25) is 5.78 Å². The molecule has 1 aromatic carbocycles. The van der Waals surface area contributed by atoms with Crippen molar-refractivity contribution in [3.05, 3.63) is 35.9 Å². The van der Waals surface area contributed by atoms with Gasteiger partial charge in [0.25, 0.3) is 0 Å². The average molecular weight is 199 g/mol. The van der Waals surface area contributed by atoms with Crippen LogP contribution in [-0.2, 0) is 4.79 Å². The highest BCUT2D eigenvalue weighted by molar-refractivity contribution is 5.96. The predicted octanol–water partition coefficient (Wildman–Crippen LogP) is 1.22. The number of carbonyl (C=O) groups is 1. The molecule has 1 aliphatic rings. The van der Waals surface area contributed by atoms with Crippen LogP contribution in [0.4, 0.5) is 0 Å². The molecule has 0 spiro atoms. The first-order valence-corrected chi connectivity index (χ1v) is 5.15. The van der Waals surface area contributed by atoms with Crippen LogP contribution in [0.15, 0.2) is 30.3 Å². The topological polar surface area (TPSA) is 29.1 Å². The Morgan fingerprint density at radius 2 is 2.07 bits per heavy atom. The number of ketones is 1. The van der Waals surface area contributed by atoms with Crippen LogP contribution in [0, 0.1) is 17.8 Å². The Bertz CT molecular complexity index is 396. The Morgan fingerprint density at radius 1 is 1.33 bits per heavy atom. The van der Waals surface area contributed by atoms with E-state index in [0.717, 1.165) is 18.7 Å². The number of benzene rings is 1. The van der Waals surface area contributed by atoms with E-state index in [1.165, 1.54) is 0 Å². The SMILES string of the molecule is O=C(C#Cc1ccccc1)CC1CNC1. The maximum atomic E-state index is 11.4. The summed E-state index contributed by atoms with van der Waals surface area (Å²) >= 11 is 0. The Balaban J connectivity index is 1.90. The monoisotopic (exact) mass is 199 g/mol. The zero-order valence-corrected chi connectivity index (χ0v) is 8.49. The van der Waals surface area contributed by atoms with Crippen molar-refractivity contribution in [2.45, 2.75) is 6.42 Å². The van der Waals surface area contributed by atoms with Crippen molar-refractivity contribution >= 4 is 5.78 Å². The van der Waals surface area contributed by atoms with Gasteiger partial charge in [0, 0.05) is 12.0 Å². The van der Waals surface area contributed by atoms with E-state index in [-0.39, 0.29) is 5.78 Å². The van der Waals surface area contributed by atoms with Gasteiger partial charge in [0.15, 0.2) is 0 Å². The molecular formula is C13H13NO. The number of hydrogen-bond donors (Lipinski definition) is 1. The summed E-state index contributed by atoms with van der Waals surface area (Å²) in [5.41, 5.74) is 0.901. The van der Waals surface area contributed by atoms with Crippen LogP contribution in [0.2, 0.25) is 0 Å². The van der Waals surface area contributed by atoms with Gasteiger partial charge in [0.1, 0.15) is 0 Å². The van der Waals surface area contributed by atoms with Crippen LogP contribution in [0.3, 0.4) is 0 Å². The molecular weight excluding hydrogens is 186 g/mol. The quantitative estimate of drug-likeness (QED) is 0.725. The first-order chi connectivity index (χ1) is 7.34. The maximum Gasteiger partial charge on any atom is 0.206 e. The molecule has 15 heavy (non-hydrogen) atoms. The lowest BCUT2D eigenvalue weighted by molar-refractivity contribution is -0.115. The second-order valence-electron chi connectivity index (χ2n) is 3.77. The van der Waals surface area contributed by atoms with Crippen molar-refractivity contribution in [2.24, 2.45) is 5.92 Å². The molecule has 0 amide bonds. The van der Waals surface area contributed by atoms with E-state index in [2.05, 4.69) is 17.2 Å². The number of hydrogen-bond acceptors (Lipinski definition) is 2. The fourth-order valence-corrected chi connectivity index (χ4v) is 1.47. The van der Waals surface area contributed by atoms with E-state index < -0.39 is 0 Å². The van der Waals surface area contributed by atoms with Gasteiger partial charge in [-0.05, 0) is 37.1 Å². The molecule has 0 bridgehead atoms. The van der Waals surface area contributed by atoms with Crippen LogP contribution in [0.1, 0.15) is 12.0 Å². The first kappa shape index (κ1) is 9.95. The molecule has 0 radical (unpaired) electrons. The van der Waals surface area contributed by atoms with Crippen LogP contribution in [0.25, 0.3) is 0 Å². The van der Waals surface area contributed by atoms with E-state index >= 15 is 0 Å². The van der Waals surface area contributed by atoms with Crippen molar-refractivity contribution in [2.75, 3.05) is 13.1 Å². The lowest BCUT2D eigenvalue weighted by atomic mass is 9.97. The highest BCUT2D eigenvalue weighted by Crippen LogP contribution is 2.08. The minimum absolute atomic E-state index is 0.0466. The zero-order valence-electron chi connectivity index (χ0n) is 8.49. The second-order valence-corrected chi connectivity index (χ2v) is 3.77. The van der Waals surface area contributed by atoms with E-state index in [1.54, 1.807) is 0 Å². The van der Waals surface area contributed by atoms with Gasteiger partial charge in [0.05, 0.1) is 0 Å². The Morgan fingerprint density at radius 3 is 2.67 bits per heavy atom. The van der Waals surface area contributed by atoms with Gasteiger partial charge in [-0.1, -0.05) is 24.1 Å². The van der Waals surface area contributed by atoms with Crippen molar-refractivity contribution in [1.29, 1.82) is 0 Å². The molecule has 0 saturated carbocycles. The second kappa shape index (κ2) is 4.77. The average Bonchev–Trinajstić information content (AvgIpc) is 2.22. The minimum Gasteiger partial charge on any atom is -0.316 e. The summed E-state index contributed by atoms with van der Waals surface area (Å²) in [6.07, 6.45) is 0.590. The van der Waals surface area contributed by atoms with Gasteiger partial charge in [-0.25, -0.2) is 0 Å². The third kappa shape index (κ3) is 2.93. The zero-order chi connectivity index (χ0) is 10.5. The largest absolute Gasteiger partial charge is 0.316 e. The van der Waals surface area contributed by atoms with Gasteiger partial charge >= 0.3 is 0 Å². The van der Waals surface area contributed by atoms with Crippen LogP contribution < -0.4 is 5.32 Å². The van der Waals surface area contributed by atoms with Crippen molar-refractivity contribution in [3.8, 4) is 11.8 Å².